The maximum Gasteiger partial charge on any atom is 0.316 e. The van der Waals surface area contributed by atoms with Crippen LogP contribution in [0.1, 0.15) is 20.3 Å². The Morgan fingerprint density at radius 3 is 2.96 bits per heavy atom. The molecule has 0 aliphatic rings. The summed E-state index contributed by atoms with van der Waals surface area (Å²) < 4.78 is 13.2. The molecule has 1 unspecified atom stereocenters. The van der Waals surface area contributed by atoms with Crippen LogP contribution in [0.5, 0.6) is 5.75 Å². The van der Waals surface area contributed by atoms with Crippen LogP contribution in [0.25, 0.3) is 11.5 Å². The lowest BCUT2D eigenvalue weighted by Gasteiger charge is -2.11. The topological polar surface area (TPSA) is 90.9 Å². The van der Waals surface area contributed by atoms with Gasteiger partial charge in [-0.05, 0) is 25.5 Å². The minimum absolute atomic E-state index is 0.0617. The number of hydrogen-bond donors (Lipinski definition) is 1. The maximum atomic E-state index is 5.73. The van der Waals surface area contributed by atoms with E-state index in [4.69, 9.17) is 9.15 Å². The highest BCUT2D eigenvalue weighted by atomic mass is 16.5. The minimum Gasteiger partial charge on any atom is -0.493 e. The first-order valence-corrected chi connectivity index (χ1v) is 7.91. The third-order valence-corrected chi connectivity index (χ3v) is 3.30. The molecular formula is C16H20N6O2. The van der Waals surface area contributed by atoms with E-state index >= 15 is 0 Å². The molecular weight excluding hydrogens is 308 g/mol. The summed E-state index contributed by atoms with van der Waals surface area (Å²) in [5.41, 5.74) is 0.787. The molecule has 1 atom stereocenters. The minimum atomic E-state index is 0.0617. The predicted molar refractivity (Wildman–Crippen MR) is 88.6 cm³/mol. The van der Waals surface area contributed by atoms with Crippen molar-refractivity contribution in [1.82, 2.24) is 25.0 Å². The molecule has 0 amide bonds. The Balaban J connectivity index is 1.69. The van der Waals surface area contributed by atoms with E-state index in [0.717, 1.165) is 17.7 Å². The second kappa shape index (κ2) is 7.58. The molecule has 0 aliphatic carbocycles. The summed E-state index contributed by atoms with van der Waals surface area (Å²) in [5, 5.41) is 15.4. The molecule has 2 heterocycles. The molecule has 0 spiro atoms. The Morgan fingerprint density at radius 2 is 2.17 bits per heavy atom. The zero-order valence-corrected chi connectivity index (χ0v) is 13.7. The van der Waals surface area contributed by atoms with Crippen molar-refractivity contribution in [2.24, 2.45) is 0 Å². The van der Waals surface area contributed by atoms with Gasteiger partial charge in [0.25, 0.3) is 5.89 Å². The van der Waals surface area contributed by atoms with Gasteiger partial charge in [-0.1, -0.05) is 24.2 Å². The van der Waals surface area contributed by atoms with Crippen molar-refractivity contribution in [2.45, 2.75) is 32.9 Å². The number of anilines is 1. The van der Waals surface area contributed by atoms with Gasteiger partial charge in [-0.2, -0.15) is 5.10 Å². The molecule has 24 heavy (non-hydrogen) atoms. The van der Waals surface area contributed by atoms with E-state index < -0.39 is 0 Å². The first-order valence-electron chi connectivity index (χ1n) is 7.91. The van der Waals surface area contributed by atoms with Crippen LogP contribution in [0, 0.1) is 0 Å². The van der Waals surface area contributed by atoms with Crippen LogP contribution in [-0.2, 0) is 6.54 Å². The SMILES string of the molecule is CCCOc1ccccc1-c1nnc(NC(C)Cn2cncn2)o1. The Kier molecular flexibility index (Phi) is 5.05. The fourth-order valence-corrected chi connectivity index (χ4v) is 2.24. The summed E-state index contributed by atoms with van der Waals surface area (Å²) >= 11 is 0. The standard InChI is InChI=1S/C16H20N6O2/c1-3-8-23-14-7-5-4-6-13(14)15-20-21-16(24-15)19-12(2)9-22-11-17-10-18-22/h4-7,10-12H,3,8-9H2,1-2H3,(H,19,21). The number of nitrogens with one attached hydrogen (secondary N) is 1. The van der Waals surface area contributed by atoms with Gasteiger partial charge in [0.15, 0.2) is 0 Å². The van der Waals surface area contributed by atoms with Crippen molar-refractivity contribution in [3.05, 3.63) is 36.9 Å². The lowest BCUT2D eigenvalue weighted by Crippen LogP contribution is -2.22. The van der Waals surface area contributed by atoms with E-state index in [1.54, 1.807) is 11.0 Å². The molecule has 1 N–H and O–H groups in total. The molecule has 3 aromatic rings. The maximum absolute atomic E-state index is 5.73. The summed E-state index contributed by atoms with van der Waals surface area (Å²) in [6.45, 7) is 5.36. The van der Waals surface area contributed by atoms with E-state index in [-0.39, 0.29) is 6.04 Å². The summed E-state index contributed by atoms with van der Waals surface area (Å²) in [4.78, 5) is 3.92. The van der Waals surface area contributed by atoms with Crippen LogP contribution >= 0.6 is 0 Å². The lowest BCUT2D eigenvalue weighted by atomic mass is 10.2. The quantitative estimate of drug-likeness (QED) is 0.679. The van der Waals surface area contributed by atoms with Crippen molar-refractivity contribution < 1.29 is 9.15 Å². The van der Waals surface area contributed by atoms with Crippen LogP contribution in [0.15, 0.2) is 41.3 Å². The lowest BCUT2D eigenvalue weighted by molar-refractivity contribution is 0.318. The number of benzene rings is 1. The normalized spacial score (nSPS) is 12.1. The van der Waals surface area contributed by atoms with Crippen molar-refractivity contribution in [3.63, 3.8) is 0 Å². The zero-order valence-electron chi connectivity index (χ0n) is 13.7. The molecule has 2 aromatic heterocycles. The smallest absolute Gasteiger partial charge is 0.316 e. The van der Waals surface area contributed by atoms with Crippen molar-refractivity contribution in [3.8, 4) is 17.2 Å². The van der Waals surface area contributed by atoms with Gasteiger partial charge >= 0.3 is 6.01 Å². The molecule has 0 saturated heterocycles. The third kappa shape index (κ3) is 3.89. The van der Waals surface area contributed by atoms with Gasteiger partial charge in [-0.15, -0.1) is 5.10 Å². The molecule has 126 valence electrons. The van der Waals surface area contributed by atoms with Crippen LogP contribution in [0.4, 0.5) is 6.01 Å². The summed E-state index contributed by atoms with van der Waals surface area (Å²) in [6.07, 6.45) is 4.11. The van der Waals surface area contributed by atoms with Crippen molar-refractivity contribution in [2.75, 3.05) is 11.9 Å². The molecule has 3 rings (SSSR count). The van der Waals surface area contributed by atoms with Crippen molar-refractivity contribution >= 4 is 6.01 Å². The molecule has 0 radical (unpaired) electrons. The van der Waals surface area contributed by atoms with Crippen LogP contribution < -0.4 is 10.1 Å². The molecule has 8 nitrogen and oxygen atoms in total. The second-order valence-electron chi connectivity index (χ2n) is 5.42. The highest BCUT2D eigenvalue weighted by Crippen LogP contribution is 2.29. The van der Waals surface area contributed by atoms with Gasteiger partial charge in [-0.3, -0.25) is 4.68 Å². The second-order valence-corrected chi connectivity index (χ2v) is 5.42. The molecule has 0 saturated carbocycles. The molecule has 0 aliphatic heterocycles. The van der Waals surface area contributed by atoms with E-state index in [2.05, 4.69) is 32.5 Å². The number of ether oxygens (including phenoxy) is 1. The number of para-hydroxylation sites is 1. The van der Waals surface area contributed by atoms with E-state index in [0.29, 0.717) is 25.1 Å². The first-order chi connectivity index (χ1) is 11.8. The van der Waals surface area contributed by atoms with Gasteiger partial charge in [-0.25, -0.2) is 4.98 Å². The molecule has 8 heteroatoms. The van der Waals surface area contributed by atoms with Gasteiger partial charge < -0.3 is 14.5 Å². The molecule has 0 fully saturated rings. The number of nitrogens with zero attached hydrogens (tertiary/aromatic N) is 5. The molecule has 1 aromatic carbocycles. The fourth-order valence-electron chi connectivity index (χ4n) is 2.24. The monoisotopic (exact) mass is 328 g/mol. The van der Waals surface area contributed by atoms with Gasteiger partial charge in [0, 0.05) is 6.04 Å². The highest BCUT2D eigenvalue weighted by molar-refractivity contribution is 5.62. The number of rotatable bonds is 8. The van der Waals surface area contributed by atoms with E-state index in [9.17, 15) is 0 Å². The van der Waals surface area contributed by atoms with Crippen LogP contribution in [0.3, 0.4) is 0 Å². The van der Waals surface area contributed by atoms with E-state index in [1.165, 1.54) is 6.33 Å². The Morgan fingerprint density at radius 1 is 1.29 bits per heavy atom. The van der Waals surface area contributed by atoms with Gasteiger partial charge in [0.2, 0.25) is 0 Å². The van der Waals surface area contributed by atoms with Crippen LogP contribution in [-0.4, -0.2) is 37.6 Å². The summed E-state index contributed by atoms with van der Waals surface area (Å²) in [5.74, 6) is 1.17. The van der Waals surface area contributed by atoms with Gasteiger partial charge in [0.1, 0.15) is 18.4 Å². The zero-order chi connectivity index (χ0) is 16.8. The Hall–Kier alpha value is -2.90. The fraction of sp³-hybridized carbons (Fsp3) is 0.375. The third-order valence-electron chi connectivity index (χ3n) is 3.30. The van der Waals surface area contributed by atoms with E-state index in [1.807, 2.05) is 31.2 Å². The largest absolute Gasteiger partial charge is 0.493 e. The highest BCUT2D eigenvalue weighted by Gasteiger charge is 2.15. The summed E-state index contributed by atoms with van der Waals surface area (Å²) in [7, 11) is 0. The molecule has 0 bridgehead atoms. The number of aromatic nitrogens is 5. The van der Waals surface area contributed by atoms with Crippen molar-refractivity contribution in [1.29, 1.82) is 0 Å². The Bertz CT molecular complexity index is 756. The van der Waals surface area contributed by atoms with Crippen LogP contribution in [0.2, 0.25) is 0 Å². The number of hydrogen-bond acceptors (Lipinski definition) is 7. The average Bonchev–Trinajstić information content (AvgIpc) is 3.25. The van der Waals surface area contributed by atoms with Gasteiger partial charge in [0.05, 0.1) is 18.7 Å². The Labute approximate surface area is 139 Å². The average molecular weight is 328 g/mol. The first kappa shape index (κ1) is 16.0. The predicted octanol–water partition coefficient (Wildman–Crippen LogP) is 2.62. The summed E-state index contributed by atoms with van der Waals surface area (Å²) in [6, 6.07) is 8.06.